The maximum atomic E-state index is 12.9. The molecule has 0 radical (unpaired) electrons. The van der Waals surface area contributed by atoms with Gasteiger partial charge in [-0.25, -0.2) is 0 Å². The predicted octanol–water partition coefficient (Wildman–Crippen LogP) is 2.81. The van der Waals surface area contributed by atoms with E-state index in [2.05, 4.69) is 54.1 Å². The van der Waals surface area contributed by atoms with Crippen molar-refractivity contribution < 1.29 is 9.53 Å². The Balaban J connectivity index is 1.69. The highest BCUT2D eigenvalue weighted by molar-refractivity contribution is 5.82. The molecule has 2 heterocycles. The lowest BCUT2D eigenvalue weighted by Crippen LogP contribution is -2.61. The largest absolute Gasteiger partial charge is 0.469 e. The molecule has 3 spiro atoms. The topological polar surface area (TPSA) is 50.4 Å². The van der Waals surface area contributed by atoms with Crippen LogP contribution in [0.5, 0.6) is 0 Å². The summed E-state index contributed by atoms with van der Waals surface area (Å²) in [4.78, 5) is 12.9. The number of ether oxygens (including phenoxy) is 1. The fourth-order valence-electron chi connectivity index (χ4n) is 8.13. The zero-order valence-electron chi connectivity index (χ0n) is 14.7. The molecule has 0 amide bonds. The molecule has 2 aliphatic heterocycles. The Morgan fingerprint density at radius 1 is 1.32 bits per heavy atom. The van der Waals surface area contributed by atoms with Gasteiger partial charge in [0.15, 0.2) is 0 Å². The number of carbonyl (C=O) groups is 1. The molecular weight excluding hydrogens is 312 g/mol. The molecule has 2 bridgehead atoms. The average molecular weight is 336 g/mol. The summed E-state index contributed by atoms with van der Waals surface area (Å²) in [7, 11) is 1.54. The van der Waals surface area contributed by atoms with E-state index in [-0.39, 0.29) is 28.3 Å². The second-order valence-electron chi connectivity index (χ2n) is 8.75. The van der Waals surface area contributed by atoms with Crippen LogP contribution in [-0.4, -0.2) is 24.7 Å². The number of para-hydroxylation sites is 1. The molecule has 4 nitrogen and oxygen atoms in total. The molecule has 6 rings (SSSR count). The van der Waals surface area contributed by atoms with Gasteiger partial charge in [-0.05, 0) is 43.0 Å². The quantitative estimate of drug-likeness (QED) is 0.775. The fraction of sp³-hybridized carbons (Fsp3) is 0.571. The molecule has 4 heteroatoms. The first kappa shape index (κ1) is 14.2. The first-order chi connectivity index (χ1) is 12.1. The predicted molar refractivity (Wildman–Crippen MR) is 95.0 cm³/mol. The third-order valence-electron chi connectivity index (χ3n) is 8.64. The van der Waals surface area contributed by atoms with Crippen molar-refractivity contribution in [2.45, 2.75) is 43.2 Å². The van der Waals surface area contributed by atoms with Crippen LogP contribution in [0, 0.1) is 23.2 Å². The summed E-state index contributed by atoms with van der Waals surface area (Å²) >= 11 is 0. The van der Waals surface area contributed by atoms with Gasteiger partial charge in [0.2, 0.25) is 0 Å². The van der Waals surface area contributed by atoms with Crippen LogP contribution in [0.15, 0.2) is 36.5 Å². The summed E-state index contributed by atoms with van der Waals surface area (Å²) in [6.07, 6.45) is 7.77. The minimum Gasteiger partial charge on any atom is -0.469 e. The van der Waals surface area contributed by atoms with Crippen LogP contribution in [0.4, 0.5) is 5.69 Å². The van der Waals surface area contributed by atoms with Crippen LogP contribution in [0.1, 0.15) is 31.7 Å². The van der Waals surface area contributed by atoms with E-state index in [4.69, 9.17) is 4.74 Å². The van der Waals surface area contributed by atoms with E-state index in [9.17, 15) is 4.79 Å². The zero-order valence-corrected chi connectivity index (χ0v) is 14.7. The van der Waals surface area contributed by atoms with Gasteiger partial charge >= 0.3 is 5.97 Å². The number of esters is 1. The van der Waals surface area contributed by atoms with Crippen LogP contribution in [0.3, 0.4) is 0 Å². The van der Waals surface area contributed by atoms with Gasteiger partial charge in [-0.15, -0.1) is 0 Å². The average Bonchev–Trinajstić information content (AvgIpc) is 3.29. The molecule has 7 atom stereocenters. The number of benzene rings is 1. The van der Waals surface area contributed by atoms with Gasteiger partial charge in [0.25, 0.3) is 0 Å². The molecule has 2 N–H and O–H groups in total. The van der Waals surface area contributed by atoms with Crippen molar-refractivity contribution in [2.24, 2.45) is 23.2 Å². The van der Waals surface area contributed by atoms with Crippen molar-refractivity contribution in [2.75, 3.05) is 12.4 Å². The van der Waals surface area contributed by atoms with E-state index >= 15 is 0 Å². The first-order valence-corrected chi connectivity index (χ1v) is 9.51. The molecule has 1 aromatic carbocycles. The third-order valence-corrected chi connectivity index (χ3v) is 8.64. The minimum absolute atomic E-state index is 0.0303. The fourth-order valence-corrected chi connectivity index (χ4v) is 8.13. The Labute approximate surface area is 148 Å². The third kappa shape index (κ3) is 1.17. The van der Waals surface area contributed by atoms with Crippen LogP contribution in [0.25, 0.3) is 0 Å². The summed E-state index contributed by atoms with van der Waals surface area (Å²) in [5, 5.41) is 7.57. The van der Waals surface area contributed by atoms with Crippen molar-refractivity contribution in [3.8, 4) is 0 Å². The van der Waals surface area contributed by atoms with Crippen molar-refractivity contribution in [1.82, 2.24) is 5.32 Å². The van der Waals surface area contributed by atoms with Crippen molar-refractivity contribution in [3.05, 3.63) is 42.1 Å². The van der Waals surface area contributed by atoms with Crippen molar-refractivity contribution in [3.63, 3.8) is 0 Å². The Morgan fingerprint density at radius 2 is 2.16 bits per heavy atom. The molecule has 0 saturated heterocycles. The Hall–Kier alpha value is -1.97. The smallest absolute Gasteiger partial charge is 0.311 e. The molecule has 25 heavy (non-hydrogen) atoms. The van der Waals surface area contributed by atoms with Gasteiger partial charge in [-0.1, -0.05) is 31.2 Å². The van der Waals surface area contributed by atoms with E-state index in [0.29, 0.717) is 17.9 Å². The van der Waals surface area contributed by atoms with E-state index in [1.165, 1.54) is 24.8 Å². The maximum Gasteiger partial charge on any atom is 0.311 e. The van der Waals surface area contributed by atoms with E-state index in [0.717, 1.165) is 12.8 Å². The molecule has 130 valence electrons. The van der Waals surface area contributed by atoms with E-state index in [1.807, 2.05) is 0 Å². The van der Waals surface area contributed by atoms with Gasteiger partial charge in [-0.2, -0.15) is 0 Å². The molecule has 3 aliphatic carbocycles. The second-order valence-corrected chi connectivity index (χ2v) is 8.75. The van der Waals surface area contributed by atoms with Gasteiger partial charge in [0.05, 0.1) is 18.6 Å². The highest BCUT2D eigenvalue weighted by Gasteiger charge is 2.85. The van der Waals surface area contributed by atoms with Gasteiger partial charge in [0.1, 0.15) is 0 Å². The molecule has 1 aromatic rings. The number of nitrogens with one attached hydrogen (secondary N) is 2. The van der Waals surface area contributed by atoms with Gasteiger partial charge < -0.3 is 15.4 Å². The Kier molecular flexibility index (Phi) is 2.31. The lowest BCUT2D eigenvalue weighted by Gasteiger charge is -2.50. The monoisotopic (exact) mass is 336 g/mol. The zero-order chi connectivity index (χ0) is 17.0. The van der Waals surface area contributed by atoms with E-state index in [1.54, 1.807) is 0 Å². The second kappa shape index (κ2) is 4.05. The summed E-state index contributed by atoms with van der Waals surface area (Å²) in [5.41, 5.74) is 2.56. The number of carbonyl (C=O) groups excluding carboxylic acids is 1. The van der Waals surface area contributed by atoms with Crippen LogP contribution in [-0.2, 0) is 14.9 Å². The van der Waals surface area contributed by atoms with E-state index < -0.39 is 0 Å². The van der Waals surface area contributed by atoms with Gasteiger partial charge in [0, 0.05) is 28.5 Å². The molecular formula is C21H24N2O2. The molecule has 0 unspecified atom stereocenters. The highest BCUT2D eigenvalue weighted by atomic mass is 16.5. The Bertz CT molecular complexity index is 835. The number of methoxy groups -OCH3 is 1. The lowest BCUT2D eigenvalue weighted by atomic mass is 9.55. The maximum absolute atomic E-state index is 12.9. The molecule has 3 saturated carbocycles. The van der Waals surface area contributed by atoms with Crippen LogP contribution < -0.4 is 10.6 Å². The summed E-state index contributed by atoms with van der Waals surface area (Å²) in [6.45, 7) is 2.37. The molecule has 3 fully saturated rings. The number of allylic oxidation sites excluding steroid dienone is 1. The SMILES string of the molecule is COC(=O)[C@H]1C[C@@]23C=CN[C@@H]4CC[C@@]5(c6ccccc6N[C@]15[C@@H]2C)[C@H]43. The summed E-state index contributed by atoms with van der Waals surface area (Å²) in [5.74, 6) is 0.828. The van der Waals surface area contributed by atoms with Crippen molar-refractivity contribution >= 4 is 11.7 Å². The number of anilines is 1. The van der Waals surface area contributed by atoms with Crippen LogP contribution in [0.2, 0.25) is 0 Å². The number of fused-ring (bicyclic) bond motifs is 1. The standard InChI is InChI=1S/C21H24N2O2/c1-12-19-9-10-22-16-7-8-20(17(16)19)13-5-3-4-6-15(13)23-21(12,20)14(11-19)18(24)25-2/h3-6,9-10,12,14,16-17,22-23H,7-8,11H2,1-2H3/t12-,14-,16-,17-,19+,20-,21-/m1/s1. The Morgan fingerprint density at radius 3 is 3.00 bits per heavy atom. The number of hydrogen-bond donors (Lipinski definition) is 2. The normalized spacial score (nSPS) is 49.8. The number of hydrogen-bond acceptors (Lipinski definition) is 4. The first-order valence-electron chi connectivity index (χ1n) is 9.51. The highest BCUT2D eigenvalue weighted by Crippen LogP contribution is 2.81. The summed E-state index contributed by atoms with van der Waals surface area (Å²) < 4.78 is 5.30. The van der Waals surface area contributed by atoms with Crippen molar-refractivity contribution in [1.29, 1.82) is 0 Å². The summed E-state index contributed by atoms with van der Waals surface area (Å²) in [6, 6.07) is 9.27. The minimum atomic E-state index is -0.223. The molecule has 0 aromatic heterocycles. The lowest BCUT2D eigenvalue weighted by molar-refractivity contribution is -0.149. The van der Waals surface area contributed by atoms with Crippen LogP contribution >= 0.6 is 0 Å². The molecule has 5 aliphatic rings. The van der Waals surface area contributed by atoms with Gasteiger partial charge in [-0.3, -0.25) is 4.79 Å². The number of rotatable bonds is 1.